The van der Waals surface area contributed by atoms with Crippen molar-refractivity contribution in [1.29, 1.82) is 0 Å². The smallest absolute Gasteiger partial charge is 0.362 e. The fourth-order valence-electron chi connectivity index (χ4n) is 5.74. The lowest BCUT2D eigenvalue weighted by Crippen LogP contribution is -2.72. The molecule has 0 aromatic rings. The van der Waals surface area contributed by atoms with Crippen LogP contribution in [0.5, 0.6) is 0 Å². The second-order valence-corrected chi connectivity index (χ2v) is 10.1. The van der Waals surface area contributed by atoms with Crippen LogP contribution in [0.1, 0.15) is 130 Å². The van der Waals surface area contributed by atoms with Gasteiger partial charge in [0.1, 0.15) is 0 Å². The van der Waals surface area contributed by atoms with E-state index in [1.54, 1.807) is 20.8 Å². The predicted molar refractivity (Wildman–Crippen MR) is 145 cm³/mol. The number of hydrogen-bond donors (Lipinski definition) is 3. The van der Waals surface area contributed by atoms with Gasteiger partial charge in [-0.1, -0.05) is 84.8 Å². The Kier molecular flexibility index (Phi) is 19.1. The van der Waals surface area contributed by atoms with Crippen LogP contribution in [0.4, 0.5) is 0 Å². The molecule has 0 saturated heterocycles. The van der Waals surface area contributed by atoms with Crippen molar-refractivity contribution >= 4 is 17.9 Å². The molecule has 3 atom stereocenters. The molecule has 3 unspecified atom stereocenters. The van der Waals surface area contributed by atoms with Crippen molar-refractivity contribution in [2.45, 2.75) is 149 Å². The predicted octanol–water partition coefficient (Wildman–Crippen LogP) is 7.04. The van der Waals surface area contributed by atoms with Gasteiger partial charge in [-0.2, -0.15) is 0 Å². The van der Waals surface area contributed by atoms with Crippen molar-refractivity contribution in [3.63, 3.8) is 0 Å². The van der Waals surface area contributed by atoms with Gasteiger partial charge in [0.05, 0.1) is 6.54 Å². The largest absolute Gasteiger partial charge is 0.477 e. The topological polar surface area (TPSA) is 112 Å². The average molecular weight is 513 g/mol. The first kappa shape index (κ1) is 34.1. The monoisotopic (exact) mass is 512 g/mol. The van der Waals surface area contributed by atoms with E-state index in [4.69, 9.17) is 0 Å². The van der Waals surface area contributed by atoms with Crippen LogP contribution in [-0.2, 0) is 14.4 Å². The van der Waals surface area contributed by atoms with Crippen LogP contribution in [0.15, 0.2) is 12.2 Å². The van der Waals surface area contributed by atoms with Crippen molar-refractivity contribution < 1.29 is 34.2 Å². The summed E-state index contributed by atoms with van der Waals surface area (Å²) in [6.07, 6.45) is 19.8. The lowest BCUT2D eigenvalue weighted by molar-refractivity contribution is -0.973. The Labute approximate surface area is 219 Å². The zero-order chi connectivity index (χ0) is 27.4. The molecule has 0 rings (SSSR count). The Morgan fingerprint density at radius 3 is 1.22 bits per heavy atom. The van der Waals surface area contributed by atoms with Crippen LogP contribution in [-0.4, -0.2) is 62.4 Å². The van der Waals surface area contributed by atoms with Gasteiger partial charge >= 0.3 is 17.9 Å². The summed E-state index contributed by atoms with van der Waals surface area (Å²) >= 11 is 0. The summed E-state index contributed by atoms with van der Waals surface area (Å²) in [5, 5.41) is 29.9. The molecule has 0 bridgehead atoms. The van der Waals surface area contributed by atoms with Gasteiger partial charge in [0.15, 0.2) is 18.1 Å². The molecule has 0 heterocycles. The third kappa shape index (κ3) is 11.4. The number of quaternary nitrogens is 1. The standard InChI is InChI=1S/C29H53NO6/c1-5-9-10-11-12-13-14-15-16-17-18-19-20-21-22-23-30(24(6-2)27(31)32,25(7-3)28(33)34)26(8-4)29(35)36/h14-15,24-26H,5-13,16-23H2,1-4H3,(H2-,31,32,33,34,35,36)/p+1/b15-14+. The van der Waals surface area contributed by atoms with Crippen molar-refractivity contribution in [3.05, 3.63) is 12.2 Å². The number of hydrogen-bond acceptors (Lipinski definition) is 3. The Hall–Kier alpha value is -1.89. The molecule has 0 amide bonds. The quantitative estimate of drug-likeness (QED) is 0.0726. The lowest BCUT2D eigenvalue weighted by atomic mass is 9.93. The fourth-order valence-corrected chi connectivity index (χ4v) is 5.74. The molecular formula is C29H54NO6+. The molecule has 210 valence electrons. The molecule has 0 radical (unpaired) electrons. The van der Waals surface area contributed by atoms with Gasteiger partial charge < -0.3 is 15.3 Å². The van der Waals surface area contributed by atoms with Crippen LogP contribution in [0, 0.1) is 0 Å². The molecule has 0 aromatic heterocycles. The second kappa shape index (κ2) is 20.2. The molecule has 7 heteroatoms. The summed E-state index contributed by atoms with van der Waals surface area (Å²) in [6, 6.07) is -3.19. The molecule has 36 heavy (non-hydrogen) atoms. The van der Waals surface area contributed by atoms with Gasteiger partial charge in [-0.25, -0.2) is 14.4 Å². The van der Waals surface area contributed by atoms with Crippen molar-refractivity contribution in [2.75, 3.05) is 6.54 Å². The van der Waals surface area contributed by atoms with Gasteiger partial charge in [0.25, 0.3) is 0 Å². The highest BCUT2D eigenvalue weighted by Crippen LogP contribution is 2.32. The van der Waals surface area contributed by atoms with E-state index in [0.29, 0.717) is 6.42 Å². The lowest BCUT2D eigenvalue weighted by Gasteiger charge is -2.49. The van der Waals surface area contributed by atoms with Crippen LogP contribution < -0.4 is 0 Å². The van der Waals surface area contributed by atoms with Crippen LogP contribution in [0.2, 0.25) is 0 Å². The minimum atomic E-state index is -1.12. The molecule has 0 aliphatic carbocycles. The minimum Gasteiger partial charge on any atom is -0.477 e. The summed E-state index contributed by atoms with van der Waals surface area (Å²) in [5.74, 6) is -3.36. The summed E-state index contributed by atoms with van der Waals surface area (Å²) in [7, 11) is 0. The van der Waals surface area contributed by atoms with Gasteiger partial charge in [0, 0.05) is 19.3 Å². The maximum atomic E-state index is 12.2. The van der Waals surface area contributed by atoms with E-state index in [1.807, 2.05) is 0 Å². The molecule has 0 spiro atoms. The van der Waals surface area contributed by atoms with E-state index in [1.165, 1.54) is 38.5 Å². The highest BCUT2D eigenvalue weighted by atomic mass is 16.4. The number of carboxylic acid groups (broad SMARTS) is 3. The van der Waals surface area contributed by atoms with Gasteiger partial charge in [-0.05, 0) is 38.5 Å². The number of allylic oxidation sites excluding steroid dienone is 2. The normalized spacial score (nSPS) is 15.9. The first-order valence-electron chi connectivity index (χ1n) is 14.4. The molecule has 0 aliphatic rings. The van der Waals surface area contributed by atoms with Crippen molar-refractivity contribution in [3.8, 4) is 0 Å². The van der Waals surface area contributed by atoms with Crippen molar-refractivity contribution in [1.82, 2.24) is 0 Å². The zero-order valence-electron chi connectivity index (χ0n) is 23.4. The first-order chi connectivity index (χ1) is 17.2. The number of nitrogens with zero attached hydrogens (tertiary/aromatic N) is 1. The van der Waals surface area contributed by atoms with E-state index in [2.05, 4.69) is 19.1 Å². The van der Waals surface area contributed by atoms with E-state index in [-0.39, 0.29) is 25.8 Å². The Bertz CT molecular complexity index is 593. The van der Waals surface area contributed by atoms with Crippen molar-refractivity contribution in [2.24, 2.45) is 0 Å². The summed E-state index contributed by atoms with van der Waals surface area (Å²) in [4.78, 5) is 36.6. The fraction of sp³-hybridized carbons (Fsp3) is 0.828. The Morgan fingerprint density at radius 1 is 0.556 bits per heavy atom. The molecule has 0 saturated carbocycles. The molecule has 3 N–H and O–H groups in total. The number of carbonyl (C=O) groups is 3. The number of aliphatic carboxylic acids is 3. The van der Waals surface area contributed by atoms with Gasteiger partial charge in [-0.3, -0.25) is 4.48 Å². The SMILES string of the molecule is CCCCCCC/C=C/CCCCCCCC[N+](C(CC)C(=O)O)(C(CC)C(=O)O)C(CC)C(=O)O. The van der Waals surface area contributed by atoms with E-state index in [9.17, 15) is 29.7 Å². The number of carboxylic acids is 3. The highest BCUT2D eigenvalue weighted by molar-refractivity contribution is 5.78. The molecular weight excluding hydrogens is 458 g/mol. The maximum Gasteiger partial charge on any atom is 0.362 e. The third-order valence-electron chi connectivity index (χ3n) is 7.56. The third-order valence-corrected chi connectivity index (χ3v) is 7.56. The van der Waals surface area contributed by atoms with E-state index in [0.717, 1.165) is 38.5 Å². The molecule has 0 aliphatic heterocycles. The second-order valence-electron chi connectivity index (χ2n) is 10.1. The number of rotatable bonds is 24. The Balaban J connectivity index is 4.89. The average Bonchev–Trinajstić information content (AvgIpc) is 2.82. The van der Waals surface area contributed by atoms with E-state index >= 15 is 0 Å². The first-order valence-corrected chi connectivity index (χ1v) is 14.4. The number of unbranched alkanes of at least 4 members (excludes halogenated alkanes) is 11. The van der Waals surface area contributed by atoms with Gasteiger partial charge in [-0.15, -0.1) is 0 Å². The summed E-state index contributed by atoms with van der Waals surface area (Å²) in [6.45, 7) is 7.60. The minimum absolute atomic E-state index is 0.190. The van der Waals surface area contributed by atoms with Crippen LogP contribution in [0.25, 0.3) is 0 Å². The van der Waals surface area contributed by atoms with Gasteiger partial charge in [0.2, 0.25) is 0 Å². The van der Waals surface area contributed by atoms with E-state index < -0.39 is 40.5 Å². The molecule has 7 nitrogen and oxygen atoms in total. The molecule has 0 fully saturated rings. The summed E-state index contributed by atoms with van der Waals surface area (Å²) in [5.41, 5.74) is 0. The summed E-state index contributed by atoms with van der Waals surface area (Å²) < 4.78 is -0.410. The highest BCUT2D eigenvalue weighted by Gasteiger charge is 2.55. The Morgan fingerprint density at radius 2 is 0.889 bits per heavy atom. The molecule has 0 aromatic carbocycles. The zero-order valence-corrected chi connectivity index (χ0v) is 23.4. The van der Waals surface area contributed by atoms with Crippen LogP contribution >= 0.6 is 0 Å². The van der Waals surface area contributed by atoms with Crippen LogP contribution in [0.3, 0.4) is 0 Å². The maximum absolute atomic E-state index is 12.2.